The van der Waals surface area contributed by atoms with Crippen LogP contribution in [0.25, 0.3) is 0 Å². The Bertz CT molecular complexity index is 786. The lowest BCUT2D eigenvalue weighted by Crippen LogP contribution is -2.55. The van der Waals surface area contributed by atoms with Gasteiger partial charge < -0.3 is 25.5 Å². The van der Waals surface area contributed by atoms with Gasteiger partial charge in [0.15, 0.2) is 0 Å². The normalized spacial score (nSPS) is 13.4. The van der Waals surface area contributed by atoms with E-state index in [0.29, 0.717) is 19.3 Å². The molecule has 35 heavy (non-hydrogen) atoms. The van der Waals surface area contributed by atoms with Crippen molar-refractivity contribution in [3.63, 3.8) is 0 Å². The van der Waals surface area contributed by atoms with Crippen LogP contribution in [0.1, 0.15) is 66.4 Å². The molecule has 198 valence electrons. The molecule has 0 unspecified atom stereocenters. The van der Waals surface area contributed by atoms with E-state index < -0.39 is 36.0 Å². The summed E-state index contributed by atoms with van der Waals surface area (Å²) in [5.41, 5.74) is 0.835. The first-order valence-electron chi connectivity index (χ1n) is 12.0. The summed E-state index contributed by atoms with van der Waals surface area (Å²) in [5, 5.41) is 8.15. The van der Waals surface area contributed by atoms with Gasteiger partial charge in [0.05, 0.1) is 6.04 Å². The van der Waals surface area contributed by atoms with Crippen molar-refractivity contribution < 1.29 is 23.9 Å². The molecule has 1 aromatic carbocycles. The molecule has 0 radical (unpaired) electrons. The second kappa shape index (κ2) is 16.9. The average molecular weight is 512 g/mol. The molecule has 0 aliphatic rings. The van der Waals surface area contributed by atoms with Crippen molar-refractivity contribution in [2.75, 3.05) is 0 Å². The molecule has 9 heteroatoms. The van der Waals surface area contributed by atoms with Gasteiger partial charge in [0, 0.05) is 0 Å². The topological polar surface area (TPSA) is 114 Å². The van der Waals surface area contributed by atoms with Crippen LogP contribution in [0.3, 0.4) is 0 Å². The molecule has 3 atom stereocenters. The Morgan fingerprint density at radius 1 is 0.771 bits per heavy atom. The number of aldehydes is 1. The van der Waals surface area contributed by atoms with E-state index in [2.05, 4.69) is 16.0 Å². The molecule has 0 aliphatic heterocycles. The summed E-state index contributed by atoms with van der Waals surface area (Å²) in [6.45, 7) is 11.8. The van der Waals surface area contributed by atoms with Crippen molar-refractivity contribution in [1.82, 2.24) is 16.0 Å². The van der Waals surface area contributed by atoms with Crippen molar-refractivity contribution in [2.24, 2.45) is 17.8 Å². The van der Waals surface area contributed by atoms with Crippen LogP contribution >= 0.6 is 12.4 Å². The van der Waals surface area contributed by atoms with Crippen molar-refractivity contribution in [1.29, 1.82) is 0 Å². The highest BCUT2D eigenvalue weighted by molar-refractivity contribution is 5.92. The smallest absolute Gasteiger partial charge is 0.408 e. The van der Waals surface area contributed by atoms with Crippen LogP contribution in [0.5, 0.6) is 0 Å². The minimum Gasteiger partial charge on any atom is -0.445 e. The van der Waals surface area contributed by atoms with Gasteiger partial charge in [-0.05, 0) is 42.6 Å². The maximum Gasteiger partial charge on any atom is 0.408 e. The molecule has 3 N–H and O–H groups in total. The number of rotatable bonds is 14. The first-order chi connectivity index (χ1) is 16.0. The maximum atomic E-state index is 13.1. The zero-order chi connectivity index (χ0) is 25.7. The molecule has 1 rings (SSSR count). The van der Waals surface area contributed by atoms with Gasteiger partial charge in [0.25, 0.3) is 0 Å². The molecule has 1 aromatic rings. The highest BCUT2D eigenvalue weighted by Crippen LogP contribution is 2.11. The quantitative estimate of drug-likeness (QED) is 0.326. The summed E-state index contributed by atoms with van der Waals surface area (Å²) >= 11 is 0. The highest BCUT2D eigenvalue weighted by Gasteiger charge is 2.29. The fraction of sp³-hybridized carbons (Fsp3) is 0.615. The van der Waals surface area contributed by atoms with Gasteiger partial charge in [0.2, 0.25) is 11.8 Å². The van der Waals surface area contributed by atoms with Crippen LogP contribution in [0.15, 0.2) is 30.3 Å². The van der Waals surface area contributed by atoms with Crippen LogP contribution in [-0.2, 0) is 25.7 Å². The van der Waals surface area contributed by atoms with Crippen molar-refractivity contribution >= 4 is 36.6 Å². The summed E-state index contributed by atoms with van der Waals surface area (Å²) < 4.78 is 5.26. The van der Waals surface area contributed by atoms with Gasteiger partial charge in [-0.2, -0.15) is 0 Å². The summed E-state index contributed by atoms with van der Waals surface area (Å²) in [7, 11) is 0. The Balaban J connectivity index is 0.0000116. The fourth-order valence-electron chi connectivity index (χ4n) is 3.52. The number of alkyl carbamates (subject to hydrolysis) is 1. The Morgan fingerprint density at radius 3 is 1.74 bits per heavy atom. The Labute approximate surface area is 215 Å². The molecule has 0 aromatic heterocycles. The maximum absolute atomic E-state index is 13.1. The largest absolute Gasteiger partial charge is 0.445 e. The first kappa shape index (κ1) is 32.4. The van der Waals surface area contributed by atoms with E-state index in [0.717, 1.165) is 11.8 Å². The van der Waals surface area contributed by atoms with Crippen LogP contribution in [0.4, 0.5) is 4.79 Å². The van der Waals surface area contributed by atoms with Gasteiger partial charge in [-0.3, -0.25) is 9.59 Å². The number of benzene rings is 1. The monoisotopic (exact) mass is 511 g/mol. The second-order valence-electron chi connectivity index (χ2n) is 9.96. The standard InChI is InChI=1S/C26H41N3O5.ClH/c1-17(2)12-21(15-30)27-24(31)22(13-18(3)4)28-25(32)23(14-19(5)6)29-26(33)34-16-20-10-8-7-9-11-20;/h7-11,15,17-19,21-23H,12-14,16H2,1-6H3,(H,27,31)(H,28,32)(H,29,33);1H/t21-,22-,23-;/m0./s1. The minimum atomic E-state index is -0.858. The van der Waals surface area contributed by atoms with E-state index in [4.69, 9.17) is 4.74 Å². The Hall–Kier alpha value is -2.61. The SMILES string of the molecule is CC(C)C[C@@H](C=O)NC(=O)[C@H](CC(C)C)NC(=O)[C@H](CC(C)C)NC(=O)OCc1ccccc1.Cl. The second-order valence-corrected chi connectivity index (χ2v) is 9.96. The number of amides is 3. The van der Waals surface area contributed by atoms with E-state index in [-0.39, 0.29) is 36.8 Å². The van der Waals surface area contributed by atoms with E-state index in [1.807, 2.05) is 71.9 Å². The minimum absolute atomic E-state index is 0. The van der Waals surface area contributed by atoms with E-state index in [1.165, 1.54) is 0 Å². The third-order valence-electron chi connectivity index (χ3n) is 5.09. The summed E-state index contributed by atoms with van der Waals surface area (Å²) in [6, 6.07) is 6.96. The van der Waals surface area contributed by atoms with Crippen LogP contribution < -0.4 is 16.0 Å². The van der Waals surface area contributed by atoms with E-state index in [9.17, 15) is 19.2 Å². The van der Waals surface area contributed by atoms with Crippen LogP contribution in [0, 0.1) is 17.8 Å². The lowest BCUT2D eigenvalue weighted by molar-refractivity contribution is -0.131. The first-order valence-corrected chi connectivity index (χ1v) is 12.0. The van der Waals surface area contributed by atoms with Gasteiger partial charge >= 0.3 is 6.09 Å². The lowest BCUT2D eigenvalue weighted by atomic mass is 9.99. The number of hydrogen-bond donors (Lipinski definition) is 3. The summed E-state index contributed by atoms with van der Waals surface area (Å²) in [4.78, 5) is 49.7. The van der Waals surface area contributed by atoms with Crippen molar-refractivity contribution in [2.45, 2.75) is 85.5 Å². The third-order valence-corrected chi connectivity index (χ3v) is 5.09. The molecular formula is C26H42ClN3O5. The number of hydrogen-bond acceptors (Lipinski definition) is 5. The summed E-state index contributed by atoms with van der Waals surface area (Å²) in [6.07, 6.45) is 1.32. The lowest BCUT2D eigenvalue weighted by Gasteiger charge is -2.26. The molecule has 8 nitrogen and oxygen atoms in total. The predicted molar refractivity (Wildman–Crippen MR) is 139 cm³/mol. The number of ether oxygens (including phenoxy) is 1. The highest BCUT2D eigenvalue weighted by atomic mass is 35.5. The average Bonchev–Trinajstić information content (AvgIpc) is 2.76. The van der Waals surface area contributed by atoms with Crippen molar-refractivity contribution in [3.8, 4) is 0 Å². The van der Waals surface area contributed by atoms with Crippen LogP contribution in [0.2, 0.25) is 0 Å². The van der Waals surface area contributed by atoms with Gasteiger partial charge in [-0.1, -0.05) is 71.9 Å². The zero-order valence-electron chi connectivity index (χ0n) is 21.7. The molecule has 0 heterocycles. The molecule has 0 fully saturated rings. The molecule has 0 saturated carbocycles. The van der Waals surface area contributed by atoms with Gasteiger partial charge in [-0.25, -0.2) is 4.79 Å². The van der Waals surface area contributed by atoms with Gasteiger partial charge in [0.1, 0.15) is 25.0 Å². The zero-order valence-corrected chi connectivity index (χ0v) is 22.5. The Kier molecular flexibility index (Phi) is 15.7. The molecule has 0 spiro atoms. The molecular weight excluding hydrogens is 470 g/mol. The number of nitrogens with one attached hydrogen (secondary N) is 3. The molecule has 0 aliphatic carbocycles. The van der Waals surface area contributed by atoms with Crippen LogP contribution in [-0.4, -0.2) is 42.3 Å². The third kappa shape index (κ3) is 13.8. The molecule has 0 bridgehead atoms. The van der Waals surface area contributed by atoms with E-state index in [1.54, 1.807) is 0 Å². The van der Waals surface area contributed by atoms with E-state index >= 15 is 0 Å². The molecule has 3 amide bonds. The molecule has 0 saturated heterocycles. The van der Waals surface area contributed by atoms with Crippen molar-refractivity contribution in [3.05, 3.63) is 35.9 Å². The number of halogens is 1. The number of carbonyl (C=O) groups excluding carboxylic acids is 4. The predicted octanol–water partition coefficient (Wildman–Crippen LogP) is 4.01. The van der Waals surface area contributed by atoms with Gasteiger partial charge in [-0.15, -0.1) is 12.4 Å². The summed E-state index contributed by atoms with van der Waals surface area (Å²) in [5.74, 6) is -0.390. The fourth-order valence-corrected chi connectivity index (χ4v) is 3.52. The number of carbonyl (C=O) groups is 4. The Morgan fingerprint density at radius 2 is 1.26 bits per heavy atom.